The number of fused-ring (bicyclic) bond motifs is 1. The molecule has 0 radical (unpaired) electrons. The molecule has 0 fully saturated rings. The lowest BCUT2D eigenvalue weighted by Gasteiger charge is -2.16. The number of hydrogen-bond acceptors (Lipinski definition) is 5. The second kappa shape index (κ2) is 9.34. The fraction of sp³-hybridized carbons (Fsp3) is 0.160. The molecule has 2 aromatic carbocycles. The predicted octanol–water partition coefficient (Wildman–Crippen LogP) is 3.99. The number of nitrogens with one attached hydrogen (secondary N) is 1. The zero-order valence-corrected chi connectivity index (χ0v) is 17.8. The van der Waals surface area contributed by atoms with Crippen molar-refractivity contribution in [2.24, 2.45) is 0 Å². The molecule has 1 atom stereocenters. The highest BCUT2D eigenvalue weighted by Gasteiger charge is 2.15. The van der Waals surface area contributed by atoms with Gasteiger partial charge in [0.1, 0.15) is 23.8 Å². The van der Waals surface area contributed by atoms with Crippen molar-refractivity contribution in [3.8, 4) is 11.5 Å². The van der Waals surface area contributed by atoms with E-state index in [0.29, 0.717) is 28.5 Å². The van der Waals surface area contributed by atoms with Gasteiger partial charge in [0.05, 0.1) is 5.69 Å². The van der Waals surface area contributed by atoms with Crippen LogP contribution in [0.5, 0.6) is 11.5 Å². The summed E-state index contributed by atoms with van der Waals surface area (Å²) < 4.78 is 13.1. The normalized spacial score (nSPS) is 11.7. The summed E-state index contributed by atoms with van der Waals surface area (Å²) >= 11 is 0. The summed E-state index contributed by atoms with van der Waals surface area (Å²) in [4.78, 5) is 29.3. The smallest absolute Gasteiger partial charge is 0.265 e. The summed E-state index contributed by atoms with van der Waals surface area (Å²) in [6, 6.07) is 21.4. The van der Waals surface area contributed by atoms with E-state index in [1.807, 2.05) is 37.3 Å². The first-order valence-electron chi connectivity index (χ1n) is 10.2. The SMILES string of the molecule is Cc1ccc(NC(=O)[C@H](C)Oc2ccccc2)cc1OCc1cc(=O)n2ccccc2n1. The van der Waals surface area contributed by atoms with Crippen molar-refractivity contribution in [1.82, 2.24) is 9.38 Å². The van der Waals surface area contributed by atoms with E-state index in [4.69, 9.17) is 9.47 Å². The number of nitrogens with zero attached hydrogens (tertiary/aromatic N) is 2. The first kappa shape index (κ1) is 21.1. The number of anilines is 1. The van der Waals surface area contributed by atoms with Crippen molar-refractivity contribution in [3.63, 3.8) is 0 Å². The van der Waals surface area contributed by atoms with Crippen molar-refractivity contribution in [2.75, 3.05) is 5.32 Å². The van der Waals surface area contributed by atoms with Crippen molar-refractivity contribution < 1.29 is 14.3 Å². The molecule has 1 N–H and O–H groups in total. The Morgan fingerprint density at radius 2 is 1.84 bits per heavy atom. The van der Waals surface area contributed by atoms with Crippen LogP contribution in [-0.4, -0.2) is 21.4 Å². The summed E-state index contributed by atoms with van der Waals surface area (Å²) in [5.74, 6) is 0.948. The Morgan fingerprint density at radius 3 is 2.66 bits per heavy atom. The van der Waals surface area contributed by atoms with E-state index in [-0.39, 0.29) is 18.1 Å². The molecule has 0 aliphatic heterocycles. The number of benzene rings is 2. The van der Waals surface area contributed by atoms with Crippen LogP contribution >= 0.6 is 0 Å². The Labute approximate surface area is 185 Å². The van der Waals surface area contributed by atoms with Gasteiger partial charge in [0, 0.05) is 24.0 Å². The number of rotatable bonds is 7. The first-order chi connectivity index (χ1) is 15.5. The second-order valence-electron chi connectivity index (χ2n) is 7.35. The van der Waals surface area contributed by atoms with Gasteiger partial charge in [0.2, 0.25) is 0 Å². The van der Waals surface area contributed by atoms with Crippen LogP contribution in [0.25, 0.3) is 5.65 Å². The second-order valence-corrected chi connectivity index (χ2v) is 7.35. The lowest BCUT2D eigenvalue weighted by Crippen LogP contribution is -2.30. The van der Waals surface area contributed by atoms with Crippen LogP contribution in [0.2, 0.25) is 0 Å². The number of carbonyl (C=O) groups is 1. The Hall–Kier alpha value is -4.13. The van der Waals surface area contributed by atoms with Crippen LogP contribution in [-0.2, 0) is 11.4 Å². The largest absolute Gasteiger partial charge is 0.487 e. The van der Waals surface area contributed by atoms with Gasteiger partial charge in [0.15, 0.2) is 6.10 Å². The maximum atomic E-state index is 12.5. The van der Waals surface area contributed by atoms with E-state index in [1.165, 1.54) is 10.5 Å². The van der Waals surface area contributed by atoms with Gasteiger partial charge in [-0.15, -0.1) is 0 Å². The van der Waals surface area contributed by atoms with Crippen LogP contribution < -0.4 is 20.3 Å². The molecule has 4 aromatic rings. The molecule has 1 amide bonds. The molecule has 0 aliphatic rings. The van der Waals surface area contributed by atoms with Gasteiger partial charge < -0.3 is 14.8 Å². The van der Waals surface area contributed by atoms with E-state index < -0.39 is 6.10 Å². The molecular formula is C25H23N3O4. The van der Waals surface area contributed by atoms with Crippen LogP contribution in [0.4, 0.5) is 5.69 Å². The minimum Gasteiger partial charge on any atom is -0.487 e. The summed E-state index contributed by atoms with van der Waals surface area (Å²) in [5, 5.41) is 2.85. The van der Waals surface area contributed by atoms with Crippen LogP contribution in [0.1, 0.15) is 18.2 Å². The third kappa shape index (κ3) is 4.95. The molecule has 0 spiro atoms. The van der Waals surface area contributed by atoms with Gasteiger partial charge >= 0.3 is 0 Å². The number of aryl methyl sites for hydroxylation is 1. The number of aromatic nitrogens is 2. The van der Waals surface area contributed by atoms with Gasteiger partial charge in [0.25, 0.3) is 11.5 Å². The predicted molar refractivity (Wildman–Crippen MR) is 122 cm³/mol. The van der Waals surface area contributed by atoms with Crippen molar-refractivity contribution in [2.45, 2.75) is 26.6 Å². The molecule has 7 heteroatoms. The van der Waals surface area contributed by atoms with Gasteiger partial charge in [-0.2, -0.15) is 0 Å². The fourth-order valence-corrected chi connectivity index (χ4v) is 3.16. The monoisotopic (exact) mass is 429 g/mol. The molecule has 0 saturated carbocycles. The number of hydrogen-bond donors (Lipinski definition) is 1. The zero-order chi connectivity index (χ0) is 22.5. The fourth-order valence-electron chi connectivity index (χ4n) is 3.16. The molecule has 0 saturated heterocycles. The van der Waals surface area contributed by atoms with E-state index in [2.05, 4.69) is 10.3 Å². The lowest BCUT2D eigenvalue weighted by atomic mass is 10.2. The molecule has 2 heterocycles. The van der Waals surface area contributed by atoms with Crippen LogP contribution in [0.3, 0.4) is 0 Å². The van der Waals surface area contributed by atoms with Crippen molar-refractivity contribution in [3.05, 3.63) is 101 Å². The van der Waals surface area contributed by atoms with Crippen LogP contribution in [0, 0.1) is 6.92 Å². The summed E-state index contributed by atoms with van der Waals surface area (Å²) in [6.07, 6.45) is 1.01. The Balaban J connectivity index is 1.43. The molecule has 162 valence electrons. The van der Waals surface area contributed by atoms with E-state index in [9.17, 15) is 9.59 Å². The third-order valence-corrected chi connectivity index (χ3v) is 4.88. The van der Waals surface area contributed by atoms with E-state index in [0.717, 1.165) is 5.56 Å². The molecule has 7 nitrogen and oxygen atoms in total. The molecule has 0 unspecified atom stereocenters. The molecule has 2 aromatic heterocycles. The van der Waals surface area contributed by atoms with Crippen LogP contribution in [0.15, 0.2) is 83.8 Å². The lowest BCUT2D eigenvalue weighted by molar-refractivity contribution is -0.122. The van der Waals surface area contributed by atoms with Gasteiger partial charge in [-0.25, -0.2) is 4.98 Å². The standard InChI is InChI=1S/C25H23N3O4/c1-17-11-12-19(27-25(30)18(2)32-21-8-4-3-5-9-21)14-22(17)31-16-20-15-24(29)28-13-7-6-10-23(28)26-20/h3-15,18H,16H2,1-2H3,(H,27,30)/t18-/m0/s1. The topological polar surface area (TPSA) is 81.9 Å². The molecule has 32 heavy (non-hydrogen) atoms. The maximum absolute atomic E-state index is 12.5. The van der Waals surface area contributed by atoms with E-state index in [1.54, 1.807) is 49.5 Å². The highest BCUT2D eigenvalue weighted by Crippen LogP contribution is 2.24. The highest BCUT2D eigenvalue weighted by atomic mass is 16.5. The maximum Gasteiger partial charge on any atom is 0.265 e. The minimum atomic E-state index is -0.669. The Kier molecular flexibility index (Phi) is 6.17. The Bertz CT molecular complexity index is 1300. The summed E-state index contributed by atoms with van der Waals surface area (Å²) in [6.45, 7) is 3.73. The van der Waals surface area contributed by atoms with Crippen molar-refractivity contribution >= 4 is 17.2 Å². The summed E-state index contributed by atoms with van der Waals surface area (Å²) in [5.41, 5.74) is 2.41. The molecule has 0 aliphatic carbocycles. The zero-order valence-electron chi connectivity index (χ0n) is 17.8. The summed E-state index contributed by atoms with van der Waals surface area (Å²) in [7, 11) is 0. The average molecular weight is 429 g/mol. The minimum absolute atomic E-state index is 0.131. The number of carbonyl (C=O) groups excluding carboxylic acids is 1. The van der Waals surface area contributed by atoms with Gasteiger partial charge in [-0.3, -0.25) is 14.0 Å². The molecule has 0 bridgehead atoms. The third-order valence-electron chi connectivity index (χ3n) is 4.88. The van der Waals surface area contributed by atoms with Gasteiger partial charge in [-0.1, -0.05) is 30.3 Å². The molecular weight excluding hydrogens is 406 g/mol. The first-order valence-corrected chi connectivity index (χ1v) is 10.2. The van der Waals surface area contributed by atoms with Crippen molar-refractivity contribution in [1.29, 1.82) is 0 Å². The number of pyridine rings is 1. The quantitative estimate of drug-likeness (QED) is 0.480. The average Bonchev–Trinajstić information content (AvgIpc) is 2.80. The van der Waals surface area contributed by atoms with Gasteiger partial charge in [-0.05, 0) is 49.7 Å². The number of para-hydroxylation sites is 1. The number of ether oxygens (including phenoxy) is 2. The molecule has 4 rings (SSSR count). The Morgan fingerprint density at radius 1 is 1.06 bits per heavy atom. The highest BCUT2D eigenvalue weighted by molar-refractivity contribution is 5.94. The van der Waals surface area contributed by atoms with E-state index >= 15 is 0 Å². The number of amides is 1.